The molecule has 0 aromatic rings. The van der Waals surface area contributed by atoms with E-state index in [9.17, 15) is 0 Å². The van der Waals surface area contributed by atoms with E-state index >= 15 is 0 Å². The fraction of sp³-hybridized carbons (Fsp3) is 0.615. The van der Waals surface area contributed by atoms with Gasteiger partial charge in [0, 0.05) is 5.70 Å². The van der Waals surface area contributed by atoms with E-state index in [-0.39, 0.29) is 0 Å². The molecule has 1 unspecified atom stereocenters. The molecule has 2 nitrogen and oxygen atoms in total. The van der Waals surface area contributed by atoms with E-state index in [1.165, 1.54) is 19.3 Å². The van der Waals surface area contributed by atoms with Crippen molar-refractivity contribution in [3.05, 3.63) is 23.9 Å². The highest BCUT2D eigenvalue weighted by Gasteiger charge is 2.20. The summed E-state index contributed by atoms with van der Waals surface area (Å²) in [4.78, 5) is 0. The van der Waals surface area contributed by atoms with Crippen molar-refractivity contribution >= 4 is 17.3 Å². The molecule has 0 radical (unpaired) electrons. The van der Waals surface area contributed by atoms with Crippen molar-refractivity contribution in [1.82, 2.24) is 5.32 Å². The molecule has 3 N–H and O–H groups in total. The first-order valence-electron chi connectivity index (χ1n) is 5.92. The van der Waals surface area contributed by atoms with E-state index in [0.717, 1.165) is 18.0 Å². The number of hydrogen-bond donors (Lipinski definition) is 2. The molecule has 90 valence electrons. The molecule has 1 rings (SSSR count). The van der Waals surface area contributed by atoms with Crippen molar-refractivity contribution in [2.24, 2.45) is 17.6 Å². The second kappa shape index (κ2) is 6.04. The Kier molecular flexibility index (Phi) is 5.00. The number of nitrogens with two attached hydrogens (primary N) is 1. The van der Waals surface area contributed by atoms with E-state index in [1.54, 1.807) is 5.57 Å². The lowest BCUT2D eigenvalue weighted by Crippen LogP contribution is -2.28. The molecule has 0 saturated carbocycles. The van der Waals surface area contributed by atoms with E-state index in [0.29, 0.717) is 11.0 Å². The van der Waals surface area contributed by atoms with Gasteiger partial charge >= 0.3 is 0 Å². The molecule has 0 saturated heterocycles. The largest absolute Gasteiger partial charge is 0.376 e. The minimum absolute atomic E-state index is 0.317. The standard InChI is InChI=1S/C13H22N2S/c1-9(2)7-11-5-4-6-12(11)8-10(3)15-13(14)16/h5,9,12H,3-4,6-8H2,1-2H3,(H3,14,15,16). The monoisotopic (exact) mass is 238 g/mol. The average Bonchev–Trinajstić information content (AvgIpc) is 2.50. The van der Waals surface area contributed by atoms with Crippen LogP contribution in [0.25, 0.3) is 0 Å². The normalized spacial score (nSPS) is 19.7. The van der Waals surface area contributed by atoms with Gasteiger partial charge in [0.15, 0.2) is 5.11 Å². The zero-order valence-corrected chi connectivity index (χ0v) is 11.1. The molecule has 3 heteroatoms. The third-order valence-electron chi connectivity index (χ3n) is 2.88. The fourth-order valence-corrected chi connectivity index (χ4v) is 2.44. The Morgan fingerprint density at radius 3 is 2.94 bits per heavy atom. The summed E-state index contributed by atoms with van der Waals surface area (Å²) < 4.78 is 0. The third kappa shape index (κ3) is 4.35. The molecule has 1 aliphatic rings. The van der Waals surface area contributed by atoms with E-state index < -0.39 is 0 Å². The summed E-state index contributed by atoms with van der Waals surface area (Å²) in [5, 5.41) is 3.25. The highest BCUT2D eigenvalue weighted by atomic mass is 32.1. The maximum Gasteiger partial charge on any atom is 0.167 e. The highest BCUT2D eigenvalue weighted by molar-refractivity contribution is 7.80. The number of allylic oxidation sites excluding steroid dienone is 3. The van der Waals surface area contributed by atoms with Gasteiger partial charge < -0.3 is 11.1 Å². The Labute approximate surface area is 104 Å². The van der Waals surface area contributed by atoms with E-state index in [1.807, 2.05) is 0 Å². The Hall–Kier alpha value is -0.830. The van der Waals surface area contributed by atoms with Crippen molar-refractivity contribution in [3.63, 3.8) is 0 Å². The van der Waals surface area contributed by atoms with Crippen LogP contribution in [0.1, 0.15) is 39.5 Å². The Morgan fingerprint density at radius 1 is 1.69 bits per heavy atom. The second-order valence-corrected chi connectivity index (χ2v) is 5.39. The fourth-order valence-electron chi connectivity index (χ4n) is 2.30. The quantitative estimate of drug-likeness (QED) is 0.571. The Balaban J connectivity index is 2.45. The molecular formula is C13H22N2S. The van der Waals surface area contributed by atoms with Crippen LogP contribution < -0.4 is 11.1 Å². The lowest BCUT2D eigenvalue weighted by atomic mass is 9.90. The molecule has 0 bridgehead atoms. The van der Waals surface area contributed by atoms with Gasteiger partial charge in [-0.2, -0.15) is 0 Å². The predicted octanol–water partition coefficient (Wildman–Crippen LogP) is 3.11. The SMILES string of the molecule is C=C(CC1CCC=C1CC(C)C)NC(N)=S. The lowest BCUT2D eigenvalue weighted by Gasteiger charge is -2.18. The molecule has 0 aliphatic heterocycles. The van der Waals surface area contributed by atoms with Gasteiger partial charge in [-0.3, -0.25) is 0 Å². The first kappa shape index (κ1) is 13.2. The van der Waals surface area contributed by atoms with Gasteiger partial charge in [-0.15, -0.1) is 0 Å². The smallest absolute Gasteiger partial charge is 0.167 e. The zero-order valence-electron chi connectivity index (χ0n) is 10.3. The summed E-state index contributed by atoms with van der Waals surface area (Å²) >= 11 is 4.80. The Morgan fingerprint density at radius 2 is 2.38 bits per heavy atom. The van der Waals surface area contributed by atoms with Crippen molar-refractivity contribution in [1.29, 1.82) is 0 Å². The lowest BCUT2D eigenvalue weighted by molar-refractivity contribution is 0.530. The van der Waals surface area contributed by atoms with Crippen LogP contribution in [0.5, 0.6) is 0 Å². The topological polar surface area (TPSA) is 38.0 Å². The summed E-state index contributed by atoms with van der Waals surface area (Å²) in [6.07, 6.45) is 6.98. The number of nitrogens with one attached hydrogen (secondary N) is 1. The molecule has 1 atom stereocenters. The number of hydrogen-bond acceptors (Lipinski definition) is 1. The zero-order chi connectivity index (χ0) is 12.1. The number of rotatable bonds is 5. The first-order valence-corrected chi connectivity index (χ1v) is 6.33. The molecule has 0 aromatic carbocycles. The number of thiocarbonyl (C=S) groups is 1. The van der Waals surface area contributed by atoms with Crippen molar-refractivity contribution < 1.29 is 0 Å². The Bertz CT molecular complexity index is 305. The highest BCUT2D eigenvalue weighted by Crippen LogP contribution is 2.34. The molecule has 0 amide bonds. The van der Waals surface area contributed by atoms with Crippen LogP contribution in [0.3, 0.4) is 0 Å². The van der Waals surface area contributed by atoms with Gasteiger partial charge in [0.1, 0.15) is 0 Å². The molecule has 16 heavy (non-hydrogen) atoms. The van der Waals surface area contributed by atoms with Crippen LogP contribution in [0.4, 0.5) is 0 Å². The molecule has 0 heterocycles. The summed E-state index contributed by atoms with van der Waals surface area (Å²) in [6.45, 7) is 8.49. The van der Waals surface area contributed by atoms with Crippen molar-refractivity contribution in [2.45, 2.75) is 39.5 Å². The van der Waals surface area contributed by atoms with Crippen LogP contribution in [-0.2, 0) is 0 Å². The third-order valence-corrected chi connectivity index (χ3v) is 2.98. The van der Waals surface area contributed by atoms with Crippen LogP contribution >= 0.6 is 12.2 Å². The summed E-state index contributed by atoms with van der Waals surface area (Å²) in [5.74, 6) is 1.36. The minimum Gasteiger partial charge on any atom is -0.376 e. The van der Waals surface area contributed by atoms with Gasteiger partial charge in [-0.05, 0) is 49.7 Å². The van der Waals surface area contributed by atoms with Crippen LogP contribution in [0.2, 0.25) is 0 Å². The van der Waals surface area contributed by atoms with Crippen molar-refractivity contribution in [3.8, 4) is 0 Å². The van der Waals surface area contributed by atoms with E-state index in [4.69, 9.17) is 18.0 Å². The second-order valence-electron chi connectivity index (χ2n) is 4.95. The van der Waals surface area contributed by atoms with E-state index in [2.05, 4.69) is 31.8 Å². The predicted molar refractivity (Wildman–Crippen MR) is 73.9 cm³/mol. The molecule has 0 aromatic heterocycles. The summed E-state index contributed by atoms with van der Waals surface area (Å²) in [5.41, 5.74) is 7.95. The van der Waals surface area contributed by atoms with Gasteiger partial charge in [-0.1, -0.05) is 32.1 Å². The summed E-state index contributed by atoms with van der Waals surface area (Å²) in [6, 6.07) is 0. The van der Waals surface area contributed by atoms with Gasteiger partial charge in [0.05, 0.1) is 0 Å². The molecule has 1 aliphatic carbocycles. The van der Waals surface area contributed by atoms with Gasteiger partial charge in [0.2, 0.25) is 0 Å². The van der Waals surface area contributed by atoms with Crippen LogP contribution in [-0.4, -0.2) is 5.11 Å². The van der Waals surface area contributed by atoms with Crippen molar-refractivity contribution in [2.75, 3.05) is 0 Å². The van der Waals surface area contributed by atoms with Gasteiger partial charge in [-0.25, -0.2) is 0 Å². The molecule has 0 fully saturated rings. The van der Waals surface area contributed by atoms with Crippen LogP contribution in [0.15, 0.2) is 23.9 Å². The molecule has 0 spiro atoms. The molecular weight excluding hydrogens is 216 g/mol. The van der Waals surface area contributed by atoms with Gasteiger partial charge in [0.25, 0.3) is 0 Å². The maximum atomic E-state index is 5.43. The first-order chi connectivity index (χ1) is 7.49. The summed E-state index contributed by atoms with van der Waals surface area (Å²) in [7, 11) is 0. The van der Waals surface area contributed by atoms with Crippen LogP contribution in [0, 0.1) is 11.8 Å². The average molecular weight is 238 g/mol. The maximum absolute atomic E-state index is 5.43. The minimum atomic E-state index is 0.317.